The van der Waals surface area contributed by atoms with E-state index in [-0.39, 0.29) is 0 Å². The Morgan fingerprint density at radius 2 is 2.38 bits per heavy atom. The van der Waals surface area contributed by atoms with Gasteiger partial charge in [0, 0.05) is 17.5 Å². The average Bonchev–Trinajstić information content (AvgIpc) is 2.67. The number of hydrogen-bond acceptors (Lipinski definition) is 4. The number of aryl methyl sites for hydroxylation is 2. The van der Waals surface area contributed by atoms with Gasteiger partial charge >= 0.3 is 0 Å². The standard InChI is InChI=1S/C8H12N4S/c1-6-5-13-8-11-10-7(12(6)8)3-2-4-9/h5H,2-4,9H2,1H3. The van der Waals surface area contributed by atoms with Crippen LogP contribution in [0.15, 0.2) is 5.38 Å². The first-order valence-corrected chi connectivity index (χ1v) is 5.19. The third kappa shape index (κ3) is 1.45. The van der Waals surface area contributed by atoms with E-state index in [0.717, 1.165) is 23.6 Å². The maximum atomic E-state index is 5.45. The number of hydrogen-bond donors (Lipinski definition) is 1. The van der Waals surface area contributed by atoms with Crippen molar-refractivity contribution in [3.63, 3.8) is 0 Å². The highest BCUT2D eigenvalue weighted by atomic mass is 32.1. The molecule has 0 saturated carbocycles. The molecule has 0 radical (unpaired) electrons. The molecule has 0 spiro atoms. The van der Waals surface area contributed by atoms with E-state index in [1.165, 1.54) is 5.69 Å². The molecule has 0 atom stereocenters. The lowest BCUT2D eigenvalue weighted by Gasteiger charge is -1.96. The summed E-state index contributed by atoms with van der Waals surface area (Å²) in [4.78, 5) is 0.976. The molecule has 4 nitrogen and oxygen atoms in total. The summed E-state index contributed by atoms with van der Waals surface area (Å²) in [6, 6.07) is 0. The molecule has 2 rings (SSSR count). The number of nitrogens with zero attached hydrogens (tertiary/aromatic N) is 3. The summed E-state index contributed by atoms with van der Waals surface area (Å²) in [5.41, 5.74) is 6.65. The van der Waals surface area contributed by atoms with Gasteiger partial charge in [0.1, 0.15) is 5.82 Å². The maximum Gasteiger partial charge on any atom is 0.216 e. The van der Waals surface area contributed by atoms with E-state index in [2.05, 4.69) is 26.9 Å². The Morgan fingerprint density at radius 1 is 1.54 bits per heavy atom. The number of nitrogens with two attached hydrogens (primary N) is 1. The largest absolute Gasteiger partial charge is 0.330 e. The third-order valence-electron chi connectivity index (χ3n) is 1.99. The minimum absolute atomic E-state index is 0.706. The summed E-state index contributed by atoms with van der Waals surface area (Å²) < 4.78 is 2.10. The first kappa shape index (κ1) is 8.65. The fraction of sp³-hybridized carbons (Fsp3) is 0.500. The van der Waals surface area contributed by atoms with E-state index in [1.54, 1.807) is 11.3 Å². The maximum absolute atomic E-state index is 5.45. The summed E-state index contributed by atoms with van der Waals surface area (Å²) >= 11 is 1.63. The van der Waals surface area contributed by atoms with Crippen LogP contribution in [0, 0.1) is 6.92 Å². The summed E-state index contributed by atoms with van der Waals surface area (Å²) in [6.07, 6.45) is 1.88. The fourth-order valence-corrected chi connectivity index (χ4v) is 2.17. The highest BCUT2D eigenvalue weighted by Crippen LogP contribution is 2.15. The number of thiazole rings is 1. The van der Waals surface area contributed by atoms with E-state index >= 15 is 0 Å². The first-order chi connectivity index (χ1) is 6.33. The van der Waals surface area contributed by atoms with Gasteiger partial charge in [-0.3, -0.25) is 4.40 Å². The lowest BCUT2D eigenvalue weighted by atomic mass is 10.3. The Morgan fingerprint density at radius 3 is 3.15 bits per heavy atom. The predicted octanol–water partition coefficient (Wildman–Crippen LogP) is 0.991. The van der Waals surface area contributed by atoms with Crippen LogP contribution in [0.2, 0.25) is 0 Å². The van der Waals surface area contributed by atoms with Gasteiger partial charge in [0.15, 0.2) is 0 Å². The molecule has 0 fully saturated rings. The van der Waals surface area contributed by atoms with Crippen molar-refractivity contribution < 1.29 is 0 Å². The lowest BCUT2D eigenvalue weighted by molar-refractivity contribution is 0.766. The van der Waals surface area contributed by atoms with Crippen molar-refractivity contribution in [3.05, 3.63) is 16.9 Å². The fourth-order valence-electron chi connectivity index (χ4n) is 1.34. The molecule has 0 bridgehead atoms. The Balaban J connectivity index is 2.38. The summed E-state index contributed by atoms with van der Waals surface area (Å²) in [6.45, 7) is 2.77. The van der Waals surface area contributed by atoms with E-state index in [4.69, 9.17) is 5.73 Å². The van der Waals surface area contributed by atoms with E-state index in [0.29, 0.717) is 6.54 Å². The van der Waals surface area contributed by atoms with Crippen LogP contribution in [0.1, 0.15) is 17.9 Å². The van der Waals surface area contributed by atoms with Crippen LogP contribution in [-0.4, -0.2) is 21.1 Å². The Hall–Kier alpha value is -0.940. The van der Waals surface area contributed by atoms with Crippen LogP contribution < -0.4 is 5.73 Å². The molecule has 2 aromatic heterocycles. The SMILES string of the molecule is Cc1csc2nnc(CCCN)n12. The molecular weight excluding hydrogens is 184 g/mol. The molecular formula is C8H12N4S. The normalized spacial score (nSPS) is 11.2. The van der Waals surface area contributed by atoms with Gasteiger partial charge in [-0.25, -0.2) is 0 Å². The molecule has 2 N–H and O–H groups in total. The highest BCUT2D eigenvalue weighted by molar-refractivity contribution is 7.15. The van der Waals surface area contributed by atoms with Crippen molar-refractivity contribution in [1.82, 2.24) is 14.6 Å². The topological polar surface area (TPSA) is 56.2 Å². The minimum atomic E-state index is 0.706. The predicted molar refractivity (Wildman–Crippen MR) is 53.0 cm³/mol. The molecule has 0 aliphatic rings. The van der Waals surface area contributed by atoms with Crippen molar-refractivity contribution in [3.8, 4) is 0 Å². The van der Waals surface area contributed by atoms with Gasteiger partial charge in [0.25, 0.3) is 0 Å². The number of aromatic nitrogens is 3. The van der Waals surface area contributed by atoms with Gasteiger partial charge in [0.2, 0.25) is 4.96 Å². The second kappa shape index (κ2) is 3.43. The van der Waals surface area contributed by atoms with Crippen molar-refractivity contribution in [2.45, 2.75) is 19.8 Å². The average molecular weight is 196 g/mol. The first-order valence-electron chi connectivity index (χ1n) is 4.31. The zero-order chi connectivity index (χ0) is 9.26. The number of rotatable bonds is 3. The van der Waals surface area contributed by atoms with E-state index in [9.17, 15) is 0 Å². The Bertz CT molecular complexity index is 403. The lowest BCUT2D eigenvalue weighted by Crippen LogP contribution is -2.03. The third-order valence-corrected chi connectivity index (χ3v) is 2.93. The van der Waals surface area contributed by atoms with Crippen molar-refractivity contribution in [1.29, 1.82) is 0 Å². The molecule has 0 saturated heterocycles. The Kier molecular flexibility index (Phi) is 2.28. The molecule has 5 heteroatoms. The smallest absolute Gasteiger partial charge is 0.216 e. The van der Waals surface area contributed by atoms with Crippen LogP contribution in [0.25, 0.3) is 4.96 Å². The monoisotopic (exact) mass is 196 g/mol. The van der Waals surface area contributed by atoms with Crippen molar-refractivity contribution in [2.75, 3.05) is 6.54 Å². The molecule has 0 aliphatic heterocycles. The zero-order valence-corrected chi connectivity index (χ0v) is 8.34. The summed E-state index contributed by atoms with van der Waals surface area (Å²) in [5.74, 6) is 1.03. The molecule has 13 heavy (non-hydrogen) atoms. The van der Waals surface area contributed by atoms with Gasteiger partial charge in [0.05, 0.1) is 0 Å². The molecule has 2 aromatic rings. The van der Waals surface area contributed by atoms with Crippen LogP contribution in [0.4, 0.5) is 0 Å². The van der Waals surface area contributed by atoms with Gasteiger partial charge in [-0.2, -0.15) is 0 Å². The van der Waals surface area contributed by atoms with E-state index in [1.807, 2.05) is 0 Å². The van der Waals surface area contributed by atoms with Crippen LogP contribution in [-0.2, 0) is 6.42 Å². The van der Waals surface area contributed by atoms with Crippen LogP contribution >= 0.6 is 11.3 Å². The molecule has 0 amide bonds. The minimum Gasteiger partial charge on any atom is -0.330 e. The highest BCUT2D eigenvalue weighted by Gasteiger charge is 2.07. The van der Waals surface area contributed by atoms with Crippen LogP contribution in [0.3, 0.4) is 0 Å². The summed E-state index contributed by atoms with van der Waals surface area (Å²) in [7, 11) is 0. The van der Waals surface area contributed by atoms with E-state index < -0.39 is 0 Å². The van der Waals surface area contributed by atoms with Crippen molar-refractivity contribution in [2.24, 2.45) is 5.73 Å². The second-order valence-electron chi connectivity index (χ2n) is 3.00. The molecule has 0 aliphatic carbocycles. The Labute approximate surface area is 80.4 Å². The molecule has 70 valence electrons. The van der Waals surface area contributed by atoms with Gasteiger partial charge in [-0.15, -0.1) is 21.5 Å². The quantitative estimate of drug-likeness (QED) is 0.796. The molecule has 0 aromatic carbocycles. The zero-order valence-electron chi connectivity index (χ0n) is 7.53. The van der Waals surface area contributed by atoms with Gasteiger partial charge in [-0.05, 0) is 19.9 Å². The molecule has 2 heterocycles. The molecule has 0 unspecified atom stereocenters. The summed E-state index contributed by atoms with van der Waals surface area (Å²) in [5, 5.41) is 10.3. The van der Waals surface area contributed by atoms with Crippen LogP contribution in [0.5, 0.6) is 0 Å². The number of fused-ring (bicyclic) bond motifs is 1. The van der Waals surface area contributed by atoms with Gasteiger partial charge in [-0.1, -0.05) is 0 Å². The van der Waals surface area contributed by atoms with Crippen molar-refractivity contribution >= 4 is 16.3 Å². The second-order valence-corrected chi connectivity index (χ2v) is 3.84. The van der Waals surface area contributed by atoms with Gasteiger partial charge < -0.3 is 5.73 Å².